The van der Waals surface area contributed by atoms with Crippen LogP contribution in [0.1, 0.15) is 0 Å². The number of nitrogens with zero attached hydrogens (tertiary/aromatic N) is 6. The third-order valence-electron chi connectivity index (χ3n) is 2.41. The molecule has 0 N–H and O–H groups in total. The predicted molar refractivity (Wildman–Crippen MR) is 62.8 cm³/mol. The monoisotopic (exact) mass is 245 g/mol. The Morgan fingerprint density at radius 2 is 1.06 bits per heavy atom. The normalized spacial score (nSPS) is 11.8. The summed E-state index contributed by atoms with van der Waals surface area (Å²) in [5, 5.41) is 11.5. The first-order valence-electron chi connectivity index (χ1n) is 5.02. The van der Waals surface area contributed by atoms with Crippen LogP contribution in [0.5, 0.6) is 0 Å². The number of hydrogen-bond donors (Lipinski definition) is 0. The Hall–Kier alpha value is -2.02. The summed E-state index contributed by atoms with van der Waals surface area (Å²) in [5.41, 5.74) is 0. The molecule has 3 aromatic rings. The molecule has 17 heavy (non-hydrogen) atoms. The summed E-state index contributed by atoms with van der Waals surface area (Å²) in [6, 6.07) is 5.44. The molecule has 0 aliphatic carbocycles. The first-order chi connectivity index (χ1) is 8.32. The molecule has 0 aliphatic rings. The molecule has 0 saturated carbocycles. The molecule has 0 saturated heterocycles. The summed E-state index contributed by atoms with van der Waals surface area (Å²) in [4.78, 5) is 0. The van der Waals surface area contributed by atoms with E-state index in [4.69, 9.17) is 12.6 Å². The Morgan fingerprint density at radius 3 is 1.29 bits per heavy atom. The number of rotatable bonds is 3. The molecular formula is C10H9N6S-. The van der Waals surface area contributed by atoms with Crippen molar-refractivity contribution in [2.45, 2.75) is 5.12 Å². The zero-order chi connectivity index (χ0) is 11.7. The van der Waals surface area contributed by atoms with E-state index < -0.39 is 5.12 Å². The first-order valence-corrected chi connectivity index (χ1v) is 5.43. The van der Waals surface area contributed by atoms with Crippen LogP contribution < -0.4 is 0 Å². The van der Waals surface area contributed by atoms with Gasteiger partial charge in [-0.25, -0.2) is 14.0 Å². The van der Waals surface area contributed by atoms with Gasteiger partial charge in [-0.15, -0.1) is 0 Å². The third kappa shape index (κ3) is 1.47. The average Bonchev–Trinajstić information content (AvgIpc) is 3.10. The van der Waals surface area contributed by atoms with Crippen LogP contribution in [0.3, 0.4) is 0 Å². The van der Waals surface area contributed by atoms with Crippen molar-refractivity contribution in [3.63, 3.8) is 0 Å². The standard InChI is InChI=1S/C10H10N6S/c17-10(14-7-1-4-11-14,15-8-2-5-12-15)16-9-3-6-13-16/h1-9,17H/p-1. The lowest BCUT2D eigenvalue weighted by molar-refractivity contribution is 0.239. The summed E-state index contributed by atoms with van der Waals surface area (Å²) in [5.74, 6) is 0. The van der Waals surface area contributed by atoms with Crippen LogP contribution >= 0.6 is 0 Å². The zero-order valence-electron chi connectivity index (χ0n) is 8.79. The molecular weight excluding hydrogens is 236 g/mol. The van der Waals surface area contributed by atoms with Gasteiger partial charge in [-0.3, -0.25) is 0 Å². The van der Waals surface area contributed by atoms with Crippen molar-refractivity contribution in [3.05, 3.63) is 55.4 Å². The Morgan fingerprint density at radius 1 is 0.706 bits per heavy atom. The lowest BCUT2D eigenvalue weighted by atomic mass is 10.6. The fourth-order valence-corrected chi connectivity index (χ4v) is 1.96. The van der Waals surface area contributed by atoms with Gasteiger partial charge in [0.2, 0.25) is 0 Å². The van der Waals surface area contributed by atoms with Gasteiger partial charge in [0.05, 0.1) is 0 Å². The molecule has 0 bridgehead atoms. The van der Waals surface area contributed by atoms with Crippen molar-refractivity contribution in [1.82, 2.24) is 29.3 Å². The van der Waals surface area contributed by atoms with Gasteiger partial charge < -0.3 is 12.6 Å². The molecule has 0 spiro atoms. The SMILES string of the molecule is [S-]C(n1cccn1)(n1cccn1)n1cccn1. The summed E-state index contributed by atoms with van der Waals surface area (Å²) in [6.45, 7) is 0. The van der Waals surface area contributed by atoms with E-state index in [9.17, 15) is 0 Å². The van der Waals surface area contributed by atoms with E-state index in [1.807, 2.05) is 18.2 Å². The van der Waals surface area contributed by atoms with Gasteiger partial charge in [0.15, 0.2) is 0 Å². The topological polar surface area (TPSA) is 53.5 Å². The Bertz CT molecular complexity index is 484. The molecule has 6 nitrogen and oxygen atoms in total. The molecule has 0 aliphatic heterocycles. The minimum absolute atomic E-state index is 1.03. The minimum atomic E-state index is -1.03. The van der Waals surface area contributed by atoms with Crippen molar-refractivity contribution in [2.24, 2.45) is 0 Å². The van der Waals surface area contributed by atoms with Crippen LogP contribution in [0.4, 0.5) is 0 Å². The highest BCUT2D eigenvalue weighted by molar-refractivity contribution is 7.59. The molecule has 3 aromatic heterocycles. The van der Waals surface area contributed by atoms with Gasteiger partial charge in [0, 0.05) is 37.2 Å². The largest absolute Gasteiger partial charge is 0.713 e. The van der Waals surface area contributed by atoms with Crippen LogP contribution in [-0.4, -0.2) is 29.3 Å². The van der Waals surface area contributed by atoms with Crippen LogP contribution in [0.25, 0.3) is 0 Å². The van der Waals surface area contributed by atoms with E-state index in [-0.39, 0.29) is 0 Å². The van der Waals surface area contributed by atoms with Crippen LogP contribution in [-0.2, 0) is 17.7 Å². The first kappa shape index (κ1) is 10.2. The highest BCUT2D eigenvalue weighted by Crippen LogP contribution is 2.17. The number of aromatic nitrogens is 6. The third-order valence-corrected chi connectivity index (χ3v) is 2.97. The molecule has 0 atom stereocenters. The minimum Gasteiger partial charge on any atom is -0.713 e. The van der Waals surface area contributed by atoms with Gasteiger partial charge in [-0.2, -0.15) is 15.3 Å². The van der Waals surface area contributed by atoms with Crippen molar-refractivity contribution >= 4 is 12.6 Å². The van der Waals surface area contributed by atoms with E-state index in [1.54, 1.807) is 51.2 Å². The maximum atomic E-state index is 5.66. The maximum absolute atomic E-state index is 5.66. The van der Waals surface area contributed by atoms with E-state index in [1.165, 1.54) is 0 Å². The highest BCUT2D eigenvalue weighted by atomic mass is 32.1. The Kier molecular flexibility index (Phi) is 2.25. The average molecular weight is 245 g/mol. The molecule has 0 radical (unpaired) electrons. The number of hydrogen-bond acceptors (Lipinski definition) is 4. The summed E-state index contributed by atoms with van der Waals surface area (Å²) >= 11 is 5.66. The Balaban J connectivity index is 2.21. The van der Waals surface area contributed by atoms with Gasteiger partial charge >= 0.3 is 0 Å². The quantitative estimate of drug-likeness (QED) is 0.630. The summed E-state index contributed by atoms with van der Waals surface area (Å²) < 4.78 is 4.88. The van der Waals surface area contributed by atoms with E-state index in [0.717, 1.165) is 0 Å². The molecule has 0 unspecified atom stereocenters. The summed E-state index contributed by atoms with van der Waals surface area (Å²) in [6.07, 6.45) is 10.4. The van der Waals surface area contributed by atoms with Gasteiger partial charge in [-0.05, 0) is 18.2 Å². The fraction of sp³-hybridized carbons (Fsp3) is 0.100. The van der Waals surface area contributed by atoms with Crippen molar-refractivity contribution in [1.29, 1.82) is 0 Å². The summed E-state index contributed by atoms with van der Waals surface area (Å²) in [7, 11) is 0. The second-order valence-electron chi connectivity index (χ2n) is 3.43. The van der Waals surface area contributed by atoms with Gasteiger partial charge in [-0.1, -0.05) is 0 Å². The zero-order valence-corrected chi connectivity index (χ0v) is 9.60. The molecule has 3 heterocycles. The van der Waals surface area contributed by atoms with Crippen LogP contribution in [0.2, 0.25) is 0 Å². The molecule has 0 aromatic carbocycles. The molecule has 7 heteroatoms. The maximum Gasteiger partial charge on any atom is 0.131 e. The smallest absolute Gasteiger partial charge is 0.131 e. The van der Waals surface area contributed by atoms with Crippen LogP contribution in [0.15, 0.2) is 55.4 Å². The fourth-order valence-electron chi connectivity index (χ4n) is 1.64. The van der Waals surface area contributed by atoms with E-state index in [0.29, 0.717) is 0 Å². The highest BCUT2D eigenvalue weighted by Gasteiger charge is 2.22. The van der Waals surface area contributed by atoms with Gasteiger partial charge in [0.25, 0.3) is 0 Å². The second-order valence-corrected chi connectivity index (χ2v) is 3.97. The predicted octanol–water partition coefficient (Wildman–Crippen LogP) is 0.487. The van der Waals surface area contributed by atoms with Crippen molar-refractivity contribution < 1.29 is 0 Å². The van der Waals surface area contributed by atoms with Crippen molar-refractivity contribution in [2.75, 3.05) is 0 Å². The Labute approximate surface area is 103 Å². The van der Waals surface area contributed by atoms with Gasteiger partial charge in [0.1, 0.15) is 5.12 Å². The lowest BCUT2D eigenvalue weighted by Gasteiger charge is -2.41. The molecule has 0 fully saturated rings. The van der Waals surface area contributed by atoms with E-state index in [2.05, 4.69) is 15.3 Å². The second kappa shape index (κ2) is 3.77. The molecule has 3 rings (SSSR count). The molecule has 86 valence electrons. The van der Waals surface area contributed by atoms with E-state index >= 15 is 0 Å². The van der Waals surface area contributed by atoms with Crippen molar-refractivity contribution in [3.8, 4) is 0 Å². The van der Waals surface area contributed by atoms with Crippen LogP contribution in [0, 0.1) is 0 Å². The lowest BCUT2D eigenvalue weighted by Crippen LogP contribution is -2.47. The molecule has 0 amide bonds.